The second kappa shape index (κ2) is 31.5. The Balaban J connectivity index is 6.94. The van der Waals surface area contributed by atoms with E-state index in [1.165, 1.54) is 33.4 Å². The van der Waals surface area contributed by atoms with Crippen molar-refractivity contribution in [2.24, 2.45) is 10.8 Å². The van der Waals surface area contributed by atoms with E-state index in [1.54, 1.807) is 0 Å². The first-order valence-electron chi connectivity index (χ1n) is 21.0. The fraction of sp³-hybridized carbons (Fsp3) is 0.739. The number of hydrogen-bond donors (Lipinski definition) is 0. The zero-order valence-electron chi connectivity index (χ0n) is 36.5. The van der Waals surface area contributed by atoms with Gasteiger partial charge in [0.15, 0.2) is 0 Å². The van der Waals surface area contributed by atoms with Gasteiger partial charge in [-0.2, -0.15) is 0 Å². The highest BCUT2D eigenvalue weighted by molar-refractivity contribution is 5.01. The third-order valence-electron chi connectivity index (χ3n) is 10.1. The second-order valence-electron chi connectivity index (χ2n) is 14.3. The van der Waals surface area contributed by atoms with Gasteiger partial charge in [-0.25, -0.2) is 0 Å². The lowest BCUT2D eigenvalue weighted by atomic mass is 9.90. The van der Waals surface area contributed by atoms with Crippen LogP contribution in [0.3, 0.4) is 0 Å². The summed E-state index contributed by atoms with van der Waals surface area (Å²) in [4.78, 5) is 0. The highest BCUT2D eigenvalue weighted by Crippen LogP contribution is 2.28. The van der Waals surface area contributed by atoms with Crippen LogP contribution < -0.4 is 0 Å². The number of ether oxygens (including phenoxy) is 7. The topological polar surface area (TPSA) is 64.6 Å². The summed E-state index contributed by atoms with van der Waals surface area (Å²) in [6.07, 6.45) is 22.8. The van der Waals surface area contributed by atoms with E-state index in [4.69, 9.17) is 33.2 Å². The first-order chi connectivity index (χ1) is 25.7. The largest absolute Gasteiger partial charge is 0.500 e. The molecule has 0 bridgehead atoms. The summed E-state index contributed by atoms with van der Waals surface area (Å²) < 4.78 is 44.9. The van der Waals surface area contributed by atoms with E-state index in [1.807, 2.05) is 37.6 Å². The van der Waals surface area contributed by atoms with Crippen molar-refractivity contribution in [2.75, 3.05) is 52.9 Å². The molecule has 0 saturated carbocycles. The molecule has 0 unspecified atom stereocenters. The molecule has 0 atom stereocenters. The molecule has 0 radical (unpaired) electrons. The fourth-order valence-electron chi connectivity index (χ4n) is 5.50. The van der Waals surface area contributed by atoms with Gasteiger partial charge in [-0.15, -0.1) is 0 Å². The van der Waals surface area contributed by atoms with Crippen LogP contribution >= 0.6 is 0 Å². The Morgan fingerprint density at radius 2 is 0.415 bits per heavy atom. The van der Waals surface area contributed by atoms with Gasteiger partial charge >= 0.3 is 0 Å². The summed E-state index contributed by atoms with van der Waals surface area (Å²) in [5, 5.41) is 0. The van der Waals surface area contributed by atoms with Crippen LogP contribution in [0.15, 0.2) is 71.0 Å². The Morgan fingerprint density at radius 3 is 0.547 bits per heavy atom. The lowest BCUT2D eigenvalue weighted by Gasteiger charge is -2.35. The molecule has 0 heterocycles. The Morgan fingerprint density at radius 1 is 0.264 bits per heavy atom. The number of hydrogen-bond acceptors (Lipinski definition) is 7. The molecule has 0 aliphatic rings. The van der Waals surface area contributed by atoms with Crippen molar-refractivity contribution in [3.63, 3.8) is 0 Å². The lowest BCUT2D eigenvalue weighted by molar-refractivity contribution is -0.110. The van der Waals surface area contributed by atoms with Gasteiger partial charge in [-0.3, -0.25) is 0 Å². The highest BCUT2D eigenvalue weighted by atomic mass is 16.5. The maximum absolute atomic E-state index is 6.82. The predicted octanol–water partition coefficient (Wildman–Crippen LogP) is 13.3. The first-order valence-corrected chi connectivity index (χ1v) is 21.0. The summed E-state index contributed by atoms with van der Waals surface area (Å²) in [5.74, 6) is 0. The van der Waals surface area contributed by atoms with Crippen LogP contribution in [0.4, 0.5) is 0 Å². The average Bonchev–Trinajstić information content (AvgIpc) is 3.18. The molecule has 7 heteroatoms. The molecule has 53 heavy (non-hydrogen) atoms. The van der Waals surface area contributed by atoms with E-state index in [0.717, 1.165) is 77.0 Å². The third-order valence-corrected chi connectivity index (χ3v) is 10.1. The number of allylic oxidation sites excluding steroid dienone is 6. The minimum Gasteiger partial charge on any atom is -0.500 e. The summed E-state index contributed by atoms with van der Waals surface area (Å²) in [6, 6.07) is 0. The van der Waals surface area contributed by atoms with Gasteiger partial charge in [0.05, 0.1) is 61.6 Å². The zero-order chi connectivity index (χ0) is 39.8. The number of rotatable bonds is 34. The Bertz CT molecular complexity index is 860. The third kappa shape index (κ3) is 21.6. The van der Waals surface area contributed by atoms with Crippen molar-refractivity contribution < 1.29 is 33.2 Å². The normalized spacial score (nSPS) is 11.1. The molecule has 0 rings (SSSR count). The quantitative estimate of drug-likeness (QED) is 0.0607. The van der Waals surface area contributed by atoms with Crippen molar-refractivity contribution >= 4 is 0 Å². The van der Waals surface area contributed by atoms with Gasteiger partial charge in [0.1, 0.15) is 39.6 Å². The molecule has 0 saturated heterocycles. The summed E-state index contributed by atoms with van der Waals surface area (Å²) in [7, 11) is 0. The smallest absolute Gasteiger partial charge is 0.102 e. The summed E-state index contributed by atoms with van der Waals surface area (Å²) >= 11 is 0. The van der Waals surface area contributed by atoms with Crippen molar-refractivity contribution in [1.82, 2.24) is 0 Å². The lowest BCUT2D eigenvalue weighted by Crippen LogP contribution is -2.45. The van der Waals surface area contributed by atoms with Crippen LogP contribution in [-0.4, -0.2) is 52.9 Å². The van der Waals surface area contributed by atoms with Crippen molar-refractivity contribution in [2.45, 2.75) is 160 Å². The maximum atomic E-state index is 6.82. The monoisotopic (exact) mass is 747 g/mol. The van der Waals surface area contributed by atoms with E-state index in [-0.39, 0.29) is 0 Å². The Hall–Kier alpha value is -2.80. The molecule has 0 aromatic rings. The van der Waals surface area contributed by atoms with E-state index in [9.17, 15) is 0 Å². The molecule has 0 N–H and O–H groups in total. The second-order valence-corrected chi connectivity index (χ2v) is 14.3. The molecule has 7 nitrogen and oxygen atoms in total. The maximum Gasteiger partial charge on any atom is 0.102 e. The van der Waals surface area contributed by atoms with E-state index in [2.05, 4.69) is 83.1 Å². The predicted molar refractivity (Wildman–Crippen MR) is 223 cm³/mol. The van der Waals surface area contributed by atoms with E-state index < -0.39 is 10.8 Å². The molecular formula is C46H82O7. The fourth-order valence-corrected chi connectivity index (χ4v) is 5.50. The van der Waals surface area contributed by atoms with Gasteiger partial charge < -0.3 is 33.2 Å². The van der Waals surface area contributed by atoms with Crippen molar-refractivity contribution in [1.29, 1.82) is 0 Å². The van der Waals surface area contributed by atoms with Crippen LogP contribution in [0.25, 0.3) is 0 Å². The molecule has 0 aliphatic heterocycles. The summed E-state index contributed by atoms with van der Waals surface area (Å²) in [6.45, 7) is 28.9. The minimum atomic E-state index is -0.601. The van der Waals surface area contributed by atoms with Gasteiger partial charge in [0, 0.05) is 0 Å². The molecular weight excluding hydrogens is 664 g/mol. The van der Waals surface area contributed by atoms with Crippen LogP contribution in [-0.2, 0) is 33.2 Å². The molecule has 0 aromatic heterocycles. The van der Waals surface area contributed by atoms with Crippen LogP contribution in [0, 0.1) is 10.8 Å². The van der Waals surface area contributed by atoms with Gasteiger partial charge in [-0.1, -0.05) is 83.1 Å². The molecule has 0 amide bonds. The molecule has 0 fully saturated rings. The van der Waals surface area contributed by atoms with E-state index in [0.29, 0.717) is 52.9 Å². The van der Waals surface area contributed by atoms with Crippen LogP contribution in [0.2, 0.25) is 0 Å². The molecule has 308 valence electrons. The first kappa shape index (κ1) is 50.2. The van der Waals surface area contributed by atoms with Gasteiger partial charge in [0.2, 0.25) is 0 Å². The van der Waals surface area contributed by atoms with Crippen LogP contribution in [0.1, 0.15) is 160 Å². The zero-order valence-corrected chi connectivity index (χ0v) is 36.5. The van der Waals surface area contributed by atoms with Crippen LogP contribution in [0.5, 0.6) is 0 Å². The Labute approximate surface area is 327 Å². The Kier molecular flexibility index (Phi) is 29.9. The minimum absolute atomic E-state index is 0.347. The van der Waals surface area contributed by atoms with E-state index >= 15 is 0 Å². The highest BCUT2D eigenvalue weighted by Gasteiger charge is 2.38. The van der Waals surface area contributed by atoms with Gasteiger partial charge in [0.25, 0.3) is 0 Å². The van der Waals surface area contributed by atoms with Gasteiger partial charge in [-0.05, 0) is 110 Å². The standard InChI is InChI=1S/C46H82O7/c1-13-39(14-2)25-47-31-45(32-48-26-40(15-3)16-4,33-49-27-41(17-5)18-6)37-53-38-46(34-50-28-42(19-7)20-8,35-51-29-43(21-9)22-10)36-52-30-44(23-11)24-12/h25-30H,13-24,31-38H2,1-12H3. The SMILES string of the molecule is CCC(=COCC(COC=C(CC)CC)(COC=C(CC)CC)COCC(COC=C(CC)CC)(COC=C(CC)CC)COC=C(CC)CC)CC. The average molecular weight is 747 g/mol. The molecule has 0 aliphatic carbocycles. The molecule has 0 spiro atoms. The molecule has 0 aromatic carbocycles. The summed E-state index contributed by atoms with van der Waals surface area (Å²) in [5.41, 5.74) is 6.35. The van der Waals surface area contributed by atoms with Crippen molar-refractivity contribution in [3.05, 3.63) is 71.0 Å². The van der Waals surface area contributed by atoms with Crippen molar-refractivity contribution in [3.8, 4) is 0 Å².